The van der Waals surface area contributed by atoms with Crippen LogP contribution in [0.2, 0.25) is 0 Å². The second-order valence-electron chi connectivity index (χ2n) is 5.51. The number of hydrogen-bond acceptors (Lipinski definition) is 5. The molecule has 0 radical (unpaired) electrons. The van der Waals surface area contributed by atoms with Crippen molar-refractivity contribution in [2.75, 3.05) is 24.0 Å². The summed E-state index contributed by atoms with van der Waals surface area (Å²) in [6.07, 6.45) is 6.93. The second kappa shape index (κ2) is 5.95. The number of imidazole rings is 1. The molecule has 20 heavy (non-hydrogen) atoms. The van der Waals surface area contributed by atoms with Gasteiger partial charge in [0.2, 0.25) is 0 Å². The van der Waals surface area contributed by atoms with E-state index in [9.17, 15) is 0 Å². The zero-order valence-corrected chi connectivity index (χ0v) is 13.9. The number of aromatic nitrogens is 2. The van der Waals surface area contributed by atoms with Crippen LogP contribution in [-0.4, -0.2) is 40.5 Å². The maximum Gasteiger partial charge on any atom is 0.195 e. The summed E-state index contributed by atoms with van der Waals surface area (Å²) in [5, 5.41) is 5.73. The smallest absolute Gasteiger partial charge is 0.195 e. The van der Waals surface area contributed by atoms with Crippen LogP contribution in [0.3, 0.4) is 0 Å². The Morgan fingerprint density at radius 1 is 1.60 bits per heavy atom. The van der Waals surface area contributed by atoms with Gasteiger partial charge in [0, 0.05) is 43.0 Å². The molecule has 1 aliphatic rings. The van der Waals surface area contributed by atoms with Crippen molar-refractivity contribution in [2.24, 2.45) is 0 Å². The molecule has 2 aromatic rings. The van der Waals surface area contributed by atoms with Crippen molar-refractivity contribution in [3.8, 4) is 0 Å². The van der Waals surface area contributed by atoms with Crippen LogP contribution in [0.25, 0.3) is 4.96 Å². The van der Waals surface area contributed by atoms with Crippen molar-refractivity contribution in [3.05, 3.63) is 17.3 Å². The average Bonchev–Trinajstić information content (AvgIpc) is 3.04. The highest BCUT2D eigenvalue weighted by molar-refractivity contribution is 7.98. The molecule has 0 spiro atoms. The SMILES string of the molecule is CSCC(C)N(C)c1nc2sccn2c1CNC1CC1. The van der Waals surface area contributed by atoms with Gasteiger partial charge in [0.25, 0.3) is 0 Å². The molecular weight excluding hydrogens is 288 g/mol. The van der Waals surface area contributed by atoms with Crippen LogP contribution in [0.1, 0.15) is 25.5 Å². The summed E-state index contributed by atoms with van der Waals surface area (Å²) in [5.74, 6) is 2.25. The Morgan fingerprint density at radius 3 is 3.10 bits per heavy atom. The molecule has 0 amide bonds. The van der Waals surface area contributed by atoms with E-state index in [4.69, 9.17) is 4.98 Å². The third-order valence-corrected chi connectivity index (χ3v) is 5.45. The van der Waals surface area contributed by atoms with Crippen LogP contribution in [-0.2, 0) is 6.54 Å². The minimum atomic E-state index is 0.495. The van der Waals surface area contributed by atoms with E-state index in [1.54, 1.807) is 11.3 Å². The summed E-state index contributed by atoms with van der Waals surface area (Å²) in [4.78, 5) is 8.25. The molecule has 6 heteroatoms. The number of thioether (sulfide) groups is 1. The third-order valence-electron chi connectivity index (χ3n) is 3.88. The van der Waals surface area contributed by atoms with Crippen LogP contribution in [0.4, 0.5) is 5.82 Å². The van der Waals surface area contributed by atoms with Crippen LogP contribution in [0.15, 0.2) is 11.6 Å². The second-order valence-corrected chi connectivity index (χ2v) is 7.29. The molecule has 1 fully saturated rings. The predicted molar refractivity (Wildman–Crippen MR) is 89.2 cm³/mol. The number of hydrogen-bond donors (Lipinski definition) is 1. The van der Waals surface area contributed by atoms with Crippen molar-refractivity contribution in [1.29, 1.82) is 0 Å². The summed E-state index contributed by atoms with van der Waals surface area (Å²) >= 11 is 3.59. The van der Waals surface area contributed by atoms with E-state index in [-0.39, 0.29) is 0 Å². The van der Waals surface area contributed by atoms with E-state index in [2.05, 4.69) is 46.4 Å². The van der Waals surface area contributed by atoms with Gasteiger partial charge in [-0.15, -0.1) is 11.3 Å². The molecule has 1 atom stereocenters. The summed E-state index contributed by atoms with van der Waals surface area (Å²) < 4.78 is 2.23. The van der Waals surface area contributed by atoms with E-state index >= 15 is 0 Å². The Labute approximate surface area is 128 Å². The van der Waals surface area contributed by atoms with Gasteiger partial charge in [0.15, 0.2) is 10.8 Å². The molecule has 1 aliphatic carbocycles. The first-order valence-electron chi connectivity index (χ1n) is 7.10. The molecule has 2 heterocycles. The summed E-state index contributed by atoms with van der Waals surface area (Å²) in [5.41, 5.74) is 1.30. The van der Waals surface area contributed by atoms with Gasteiger partial charge in [0.05, 0.1) is 5.69 Å². The molecule has 0 bridgehead atoms. The van der Waals surface area contributed by atoms with Crippen molar-refractivity contribution in [1.82, 2.24) is 14.7 Å². The van der Waals surface area contributed by atoms with Crippen molar-refractivity contribution >= 4 is 33.9 Å². The molecule has 2 aromatic heterocycles. The molecule has 3 rings (SSSR count). The Morgan fingerprint density at radius 2 is 2.40 bits per heavy atom. The molecule has 0 aliphatic heterocycles. The molecular formula is C14H22N4S2. The zero-order chi connectivity index (χ0) is 14.1. The van der Waals surface area contributed by atoms with Gasteiger partial charge < -0.3 is 10.2 Å². The Bertz CT molecular complexity index is 573. The fourth-order valence-corrected chi connectivity index (χ4v) is 3.79. The first kappa shape index (κ1) is 14.2. The van der Waals surface area contributed by atoms with E-state index in [1.807, 2.05) is 11.8 Å². The summed E-state index contributed by atoms with van der Waals surface area (Å²) in [6, 6.07) is 1.22. The molecule has 1 unspecified atom stereocenters. The lowest BCUT2D eigenvalue weighted by Gasteiger charge is -2.25. The number of rotatable bonds is 7. The highest BCUT2D eigenvalue weighted by atomic mass is 32.2. The maximum atomic E-state index is 4.83. The summed E-state index contributed by atoms with van der Waals surface area (Å²) in [6.45, 7) is 3.18. The average molecular weight is 310 g/mol. The number of fused-ring (bicyclic) bond motifs is 1. The van der Waals surface area contributed by atoms with Crippen LogP contribution >= 0.6 is 23.1 Å². The van der Waals surface area contributed by atoms with Gasteiger partial charge in [-0.3, -0.25) is 4.40 Å². The first-order chi connectivity index (χ1) is 9.70. The fraction of sp³-hybridized carbons (Fsp3) is 0.643. The van der Waals surface area contributed by atoms with E-state index < -0.39 is 0 Å². The lowest BCUT2D eigenvalue weighted by atomic mass is 10.3. The normalized spacial score (nSPS) is 16.8. The molecule has 1 saturated carbocycles. The molecule has 0 saturated heterocycles. The van der Waals surface area contributed by atoms with Crippen molar-refractivity contribution in [3.63, 3.8) is 0 Å². The van der Waals surface area contributed by atoms with Gasteiger partial charge >= 0.3 is 0 Å². The lowest BCUT2D eigenvalue weighted by Crippen LogP contribution is -2.32. The maximum absolute atomic E-state index is 4.83. The summed E-state index contributed by atoms with van der Waals surface area (Å²) in [7, 11) is 2.16. The molecule has 4 nitrogen and oxygen atoms in total. The van der Waals surface area contributed by atoms with Gasteiger partial charge in [-0.2, -0.15) is 11.8 Å². The Balaban J connectivity index is 1.87. The van der Waals surface area contributed by atoms with Gasteiger partial charge in [0.1, 0.15) is 0 Å². The largest absolute Gasteiger partial charge is 0.355 e. The lowest BCUT2D eigenvalue weighted by molar-refractivity contribution is 0.663. The van der Waals surface area contributed by atoms with Crippen LogP contribution < -0.4 is 10.2 Å². The van der Waals surface area contributed by atoms with Gasteiger partial charge in [-0.25, -0.2) is 4.98 Å². The number of nitrogens with zero attached hydrogens (tertiary/aromatic N) is 3. The van der Waals surface area contributed by atoms with Gasteiger partial charge in [-0.05, 0) is 26.0 Å². The fourth-order valence-electron chi connectivity index (χ4n) is 2.36. The molecule has 1 N–H and O–H groups in total. The first-order valence-corrected chi connectivity index (χ1v) is 9.37. The molecule has 0 aromatic carbocycles. The molecule has 110 valence electrons. The predicted octanol–water partition coefficient (Wildman–Crippen LogP) is 2.84. The Kier molecular flexibility index (Phi) is 4.23. The van der Waals surface area contributed by atoms with Crippen molar-refractivity contribution < 1.29 is 0 Å². The zero-order valence-electron chi connectivity index (χ0n) is 12.3. The minimum absolute atomic E-state index is 0.495. The quantitative estimate of drug-likeness (QED) is 0.852. The van der Waals surface area contributed by atoms with Crippen LogP contribution in [0.5, 0.6) is 0 Å². The topological polar surface area (TPSA) is 32.6 Å². The van der Waals surface area contributed by atoms with Gasteiger partial charge in [-0.1, -0.05) is 0 Å². The van der Waals surface area contributed by atoms with Crippen LogP contribution in [0, 0.1) is 0 Å². The third kappa shape index (κ3) is 2.82. The monoisotopic (exact) mass is 310 g/mol. The van der Waals surface area contributed by atoms with E-state index in [1.165, 1.54) is 18.5 Å². The number of thiazole rings is 1. The van der Waals surface area contributed by atoms with E-state index in [0.29, 0.717) is 6.04 Å². The highest BCUT2D eigenvalue weighted by Crippen LogP contribution is 2.27. The Hall–Kier alpha value is -0.720. The number of nitrogens with one attached hydrogen (secondary N) is 1. The standard InChI is InChI=1S/C14H22N4S2/c1-10(9-19-3)17(2)13-12(8-15-11-4-5-11)18-6-7-20-14(18)16-13/h6-7,10-11,15H,4-5,8-9H2,1-3H3. The van der Waals surface area contributed by atoms with E-state index in [0.717, 1.165) is 29.1 Å². The minimum Gasteiger partial charge on any atom is -0.355 e. The number of anilines is 1. The van der Waals surface area contributed by atoms with Crippen molar-refractivity contribution in [2.45, 2.75) is 38.4 Å². The highest BCUT2D eigenvalue weighted by Gasteiger charge is 2.24.